The lowest BCUT2D eigenvalue weighted by molar-refractivity contribution is 0.0963. The van der Waals surface area contributed by atoms with E-state index in [0.717, 1.165) is 31.9 Å². The highest BCUT2D eigenvalue weighted by Gasteiger charge is 2.16. The highest BCUT2D eigenvalue weighted by Crippen LogP contribution is 2.20. The van der Waals surface area contributed by atoms with Crippen molar-refractivity contribution in [1.29, 1.82) is 0 Å². The first kappa shape index (κ1) is 13.6. The SMILES string of the molecule is CNC(=O)c1ccc(N)cc1NN1CCN(C)CC1. The summed E-state index contributed by atoms with van der Waals surface area (Å²) < 4.78 is 0. The van der Waals surface area contributed by atoms with Gasteiger partial charge in [-0.3, -0.25) is 4.79 Å². The van der Waals surface area contributed by atoms with Gasteiger partial charge in [-0.15, -0.1) is 0 Å². The first-order chi connectivity index (χ1) is 9.10. The van der Waals surface area contributed by atoms with Gasteiger partial charge in [-0.1, -0.05) is 0 Å². The molecule has 1 fully saturated rings. The number of amides is 1. The van der Waals surface area contributed by atoms with E-state index in [-0.39, 0.29) is 5.91 Å². The fourth-order valence-electron chi connectivity index (χ4n) is 2.08. The molecule has 0 aromatic heterocycles. The van der Waals surface area contributed by atoms with Crippen molar-refractivity contribution in [1.82, 2.24) is 15.2 Å². The number of carbonyl (C=O) groups excluding carboxylic acids is 1. The molecule has 1 aromatic carbocycles. The number of nitrogen functional groups attached to an aromatic ring is 1. The van der Waals surface area contributed by atoms with Crippen molar-refractivity contribution in [3.63, 3.8) is 0 Å². The second-order valence-electron chi connectivity index (χ2n) is 4.79. The lowest BCUT2D eigenvalue weighted by atomic mass is 10.1. The Kier molecular flexibility index (Phi) is 4.24. The Morgan fingerprint density at radius 3 is 2.58 bits per heavy atom. The molecule has 1 aliphatic rings. The van der Waals surface area contributed by atoms with Crippen LogP contribution in [0.5, 0.6) is 0 Å². The number of carbonyl (C=O) groups is 1. The van der Waals surface area contributed by atoms with E-state index in [2.05, 4.69) is 27.7 Å². The van der Waals surface area contributed by atoms with E-state index in [4.69, 9.17) is 5.73 Å². The van der Waals surface area contributed by atoms with Crippen molar-refractivity contribution >= 4 is 17.3 Å². The van der Waals surface area contributed by atoms with Crippen LogP contribution >= 0.6 is 0 Å². The maximum absolute atomic E-state index is 11.8. The van der Waals surface area contributed by atoms with Crippen LogP contribution in [0.3, 0.4) is 0 Å². The molecule has 0 aliphatic carbocycles. The molecule has 0 atom stereocenters. The van der Waals surface area contributed by atoms with Crippen LogP contribution in [0.25, 0.3) is 0 Å². The number of hydrazine groups is 1. The number of hydrogen-bond acceptors (Lipinski definition) is 5. The van der Waals surface area contributed by atoms with Gasteiger partial charge >= 0.3 is 0 Å². The monoisotopic (exact) mass is 263 g/mol. The molecular formula is C13H21N5O. The average molecular weight is 263 g/mol. The lowest BCUT2D eigenvalue weighted by Gasteiger charge is -2.33. The molecule has 19 heavy (non-hydrogen) atoms. The predicted octanol–water partition coefficient (Wildman–Crippen LogP) is 0.203. The number of hydrogen-bond donors (Lipinski definition) is 3. The zero-order valence-corrected chi connectivity index (χ0v) is 11.4. The third-order valence-corrected chi connectivity index (χ3v) is 3.30. The Morgan fingerprint density at radius 2 is 1.95 bits per heavy atom. The number of nitrogens with zero attached hydrogens (tertiary/aromatic N) is 2. The zero-order valence-electron chi connectivity index (χ0n) is 11.4. The number of benzene rings is 1. The van der Waals surface area contributed by atoms with Crippen molar-refractivity contribution in [3.8, 4) is 0 Å². The van der Waals surface area contributed by atoms with Crippen LogP contribution in [0.4, 0.5) is 11.4 Å². The summed E-state index contributed by atoms with van der Waals surface area (Å²) in [6.45, 7) is 3.84. The van der Waals surface area contributed by atoms with Crippen LogP contribution in [-0.2, 0) is 0 Å². The summed E-state index contributed by atoms with van der Waals surface area (Å²) in [5.41, 5.74) is 11.1. The second-order valence-corrected chi connectivity index (χ2v) is 4.79. The normalized spacial score (nSPS) is 17.2. The van der Waals surface area contributed by atoms with Crippen LogP contribution in [0, 0.1) is 0 Å². The minimum Gasteiger partial charge on any atom is -0.399 e. The maximum atomic E-state index is 11.8. The summed E-state index contributed by atoms with van der Waals surface area (Å²) in [6, 6.07) is 5.27. The molecule has 104 valence electrons. The Hall–Kier alpha value is -1.79. The fraction of sp³-hybridized carbons (Fsp3) is 0.462. The summed E-state index contributed by atoms with van der Waals surface area (Å²) in [5.74, 6) is -0.114. The van der Waals surface area contributed by atoms with Crippen LogP contribution in [0.2, 0.25) is 0 Å². The van der Waals surface area contributed by atoms with Crippen molar-refractivity contribution in [2.75, 3.05) is 51.4 Å². The van der Waals surface area contributed by atoms with Crippen molar-refractivity contribution in [2.45, 2.75) is 0 Å². The minimum atomic E-state index is -0.114. The molecule has 1 heterocycles. The van der Waals surface area contributed by atoms with Gasteiger partial charge in [0.1, 0.15) is 0 Å². The average Bonchev–Trinajstić information content (AvgIpc) is 2.41. The Bertz CT molecular complexity index is 454. The van der Waals surface area contributed by atoms with Gasteiger partial charge in [0.25, 0.3) is 5.91 Å². The second kappa shape index (κ2) is 5.90. The molecule has 6 nitrogen and oxygen atoms in total. The van der Waals surface area contributed by atoms with Crippen molar-refractivity contribution in [3.05, 3.63) is 23.8 Å². The fourth-order valence-corrected chi connectivity index (χ4v) is 2.08. The van der Waals surface area contributed by atoms with Crippen LogP contribution < -0.4 is 16.5 Å². The number of anilines is 2. The summed E-state index contributed by atoms with van der Waals surface area (Å²) in [5, 5.41) is 4.75. The smallest absolute Gasteiger partial charge is 0.253 e. The summed E-state index contributed by atoms with van der Waals surface area (Å²) in [7, 11) is 3.73. The highest BCUT2D eigenvalue weighted by atomic mass is 16.1. The van der Waals surface area contributed by atoms with E-state index < -0.39 is 0 Å². The molecule has 1 aliphatic heterocycles. The molecule has 1 aromatic rings. The number of nitrogens with one attached hydrogen (secondary N) is 2. The number of rotatable bonds is 3. The van der Waals surface area contributed by atoms with E-state index >= 15 is 0 Å². The van der Waals surface area contributed by atoms with Crippen LogP contribution in [0.1, 0.15) is 10.4 Å². The third-order valence-electron chi connectivity index (χ3n) is 3.30. The quantitative estimate of drug-likeness (QED) is 0.680. The largest absolute Gasteiger partial charge is 0.399 e. The van der Waals surface area contributed by atoms with Gasteiger partial charge < -0.3 is 21.4 Å². The molecule has 2 rings (SSSR count). The van der Waals surface area contributed by atoms with E-state index in [0.29, 0.717) is 11.3 Å². The number of piperazine rings is 1. The first-order valence-electron chi connectivity index (χ1n) is 6.42. The first-order valence-corrected chi connectivity index (χ1v) is 6.42. The van der Waals surface area contributed by atoms with Gasteiger partial charge in [0.05, 0.1) is 11.3 Å². The lowest BCUT2D eigenvalue weighted by Crippen LogP contribution is -2.47. The van der Waals surface area contributed by atoms with Gasteiger partial charge in [0, 0.05) is 38.9 Å². The molecule has 4 N–H and O–H groups in total. The van der Waals surface area contributed by atoms with Gasteiger partial charge in [-0.2, -0.15) is 0 Å². The Labute approximate surface area is 113 Å². The molecule has 6 heteroatoms. The van der Waals surface area contributed by atoms with Gasteiger partial charge in [-0.25, -0.2) is 5.01 Å². The van der Waals surface area contributed by atoms with Crippen LogP contribution in [-0.4, -0.2) is 56.1 Å². The molecule has 0 spiro atoms. The summed E-state index contributed by atoms with van der Waals surface area (Å²) in [6.07, 6.45) is 0. The highest BCUT2D eigenvalue weighted by molar-refractivity contribution is 6.00. The molecule has 1 amide bonds. The number of likely N-dealkylation sites (N-methyl/N-ethyl adjacent to an activating group) is 1. The van der Waals surface area contributed by atoms with Gasteiger partial charge in [0.2, 0.25) is 0 Å². The zero-order chi connectivity index (χ0) is 13.8. The van der Waals surface area contributed by atoms with Gasteiger partial charge in [-0.05, 0) is 25.2 Å². The minimum absolute atomic E-state index is 0.114. The van der Waals surface area contributed by atoms with Crippen LogP contribution in [0.15, 0.2) is 18.2 Å². The van der Waals surface area contributed by atoms with Gasteiger partial charge in [0.15, 0.2) is 0 Å². The Morgan fingerprint density at radius 1 is 1.26 bits per heavy atom. The molecule has 0 saturated carbocycles. The molecule has 0 unspecified atom stereocenters. The molecule has 0 bridgehead atoms. The predicted molar refractivity (Wildman–Crippen MR) is 76.9 cm³/mol. The van der Waals surface area contributed by atoms with E-state index in [1.165, 1.54) is 0 Å². The maximum Gasteiger partial charge on any atom is 0.253 e. The molecular weight excluding hydrogens is 242 g/mol. The molecule has 1 saturated heterocycles. The topological polar surface area (TPSA) is 73.6 Å². The van der Waals surface area contributed by atoms with E-state index in [1.54, 1.807) is 25.2 Å². The standard InChI is InChI=1S/C13H21N5O/c1-15-13(19)11-4-3-10(14)9-12(11)16-18-7-5-17(2)6-8-18/h3-4,9,16H,5-8,14H2,1-2H3,(H,15,19). The van der Waals surface area contributed by atoms with Crippen molar-refractivity contribution in [2.24, 2.45) is 0 Å². The molecule has 0 radical (unpaired) electrons. The number of nitrogens with two attached hydrogens (primary N) is 1. The van der Waals surface area contributed by atoms with E-state index in [9.17, 15) is 4.79 Å². The summed E-state index contributed by atoms with van der Waals surface area (Å²) >= 11 is 0. The van der Waals surface area contributed by atoms with E-state index in [1.807, 2.05) is 0 Å². The van der Waals surface area contributed by atoms with Crippen molar-refractivity contribution < 1.29 is 4.79 Å². The third kappa shape index (κ3) is 3.36. The Balaban J connectivity index is 2.14. The summed E-state index contributed by atoms with van der Waals surface area (Å²) in [4.78, 5) is 14.1.